The second kappa shape index (κ2) is 4.33. The maximum Gasteiger partial charge on any atom is 0.0474 e. The monoisotopic (exact) mass is 182 g/mol. The summed E-state index contributed by atoms with van der Waals surface area (Å²) in [5, 5.41) is 8.85. The van der Waals surface area contributed by atoms with Gasteiger partial charge < -0.3 is 10.5 Å². The second-order valence-electron chi connectivity index (χ2n) is 3.60. The molecule has 0 spiro atoms. The maximum absolute atomic E-state index is 8.85. The molecule has 3 nitrogen and oxygen atoms in total. The van der Waals surface area contributed by atoms with E-state index in [1.54, 1.807) is 0 Å². The number of hydrogen-bond acceptors (Lipinski definition) is 2. The van der Waals surface area contributed by atoms with E-state index in [9.17, 15) is 0 Å². The number of aliphatic hydroxyl groups is 1. The van der Waals surface area contributed by atoms with Gasteiger partial charge in [-0.15, -0.1) is 0 Å². The normalized spacial score (nSPS) is 12.9. The molecule has 2 N–H and O–H groups in total. The van der Waals surface area contributed by atoms with Crippen LogP contribution in [0.4, 0.5) is 0 Å². The third kappa shape index (κ3) is 2.49. The van der Waals surface area contributed by atoms with Crippen molar-refractivity contribution < 1.29 is 5.11 Å². The first-order valence-corrected chi connectivity index (χ1v) is 4.65. The fourth-order valence-corrected chi connectivity index (χ4v) is 1.23. The van der Waals surface area contributed by atoms with E-state index in [2.05, 4.69) is 31.4 Å². The molecule has 0 aromatic carbocycles. The van der Waals surface area contributed by atoms with Gasteiger partial charge in [0.05, 0.1) is 0 Å². The van der Waals surface area contributed by atoms with Gasteiger partial charge in [-0.05, 0) is 31.9 Å². The van der Waals surface area contributed by atoms with Crippen molar-refractivity contribution in [1.29, 1.82) is 0 Å². The molecule has 0 aliphatic heterocycles. The Bertz CT molecular complexity index is 248. The largest absolute Gasteiger partial charge is 0.396 e. The van der Waals surface area contributed by atoms with Gasteiger partial charge in [-0.1, -0.05) is 6.92 Å². The van der Waals surface area contributed by atoms with Crippen LogP contribution >= 0.6 is 0 Å². The highest BCUT2D eigenvalue weighted by atomic mass is 16.3. The summed E-state index contributed by atoms with van der Waals surface area (Å²) in [5.41, 5.74) is 5.66. The zero-order valence-corrected chi connectivity index (χ0v) is 8.54. The van der Waals surface area contributed by atoms with Crippen molar-refractivity contribution in [3.63, 3.8) is 0 Å². The van der Waals surface area contributed by atoms with Crippen molar-refractivity contribution >= 4 is 0 Å². The summed E-state index contributed by atoms with van der Waals surface area (Å²) in [5.74, 6) is 0.293. The van der Waals surface area contributed by atoms with Crippen LogP contribution in [0.2, 0.25) is 0 Å². The summed E-state index contributed by atoms with van der Waals surface area (Å²) in [7, 11) is 0. The Morgan fingerprint density at radius 3 is 2.38 bits per heavy atom. The lowest BCUT2D eigenvalue weighted by Crippen LogP contribution is -2.24. The van der Waals surface area contributed by atoms with Crippen molar-refractivity contribution in [2.45, 2.75) is 20.8 Å². The van der Waals surface area contributed by atoms with Gasteiger partial charge in [0.1, 0.15) is 0 Å². The topological polar surface area (TPSA) is 37.2 Å². The number of nitrogens with one attached hydrogen (secondary N) is 1. The number of hydrogen-bond donors (Lipinski definition) is 2. The Kier molecular flexibility index (Phi) is 3.37. The number of aliphatic hydroxyl groups excluding tert-OH is 1. The van der Waals surface area contributed by atoms with Gasteiger partial charge in [-0.2, -0.15) is 0 Å². The van der Waals surface area contributed by atoms with Gasteiger partial charge >= 0.3 is 0 Å². The summed E-state index contributed by atoms with van der Waals surface area (Å²) in [6.07, 6.45) is 0. The van der Waals surface area contributed by atoms with Gasteiger partial charge in [0, 0.05) is 24.5 Å². The van der Waals surface area contributed by atoms with E-state index >= 15 is 0 Å². The Morgan fingerprint density at radius 2 is 1.92 bits per heavy atom. The molecule has 1 rings (SSSR count). The predicted octanol–water partition coefficient (Wildman–Crippen LogP) is 1.28. The summed E-state index contributed by atoms with van der Waals surface area (Å²) in [6, 6.07) is 4.15. The van der Waals surface area contributed by atoms with Crippen molar-refractivity contribution in [3.05, 3.63) is 23.5 Å². The Balaban J connectivity index is 2.53. The van der Waals surface area contributed by atoms with Gasteiger partial charge in [-0.3, -0.25) is 4.68 Å². The number of aromatic nitrogens is 1. The fourth-order valence-electron chi connectivity index (χ4n) is 1.23. The molecule has 13 heavy (non-hydrogen) atoms. The van der Waals surface area contributed by atoms with Gasteiger partial charge in [-0.25, -0.2) is 0 Å². The molecule has 0 amide bonds. The van der Waals surface area contributed by atoms with Crippen LogP contribution < -0.4 is 5.43 Å². The highest BCUT2D eigenvalue weighted by Crippen LogP contribution is 2.04. The molecule has 1 heterocycles. The van der Waals surface area contributed by atoms with E-state index in [0.717, 1.165) is 6.54 Å². The minimum atomic E-state index is 0.229. The Morgan fingerprint density at radius 1 is 1.38 bits per heavy atom. The molecule has 0 bridgehead atoms. The zero-order chi connectivity index (χ0) is 9.84. The summed E-state index contributed by atoms with van der Waals surface area (Å²) in [6.45, 7) is 7.16. The average molecular weight is 182 g/mol. The molecular weight excluding hydrogens is 164 g/mol. The third-order valence-corrected chi connectivity index (χ3v) is 2.18. The number of rotatable bonds is 4. The lowest BCUT2D eigenvalue weighted by atomic mass is 10.2. The first kappa shape index (κ1) is 10.1. The van der Waals surface area contributed by atoms with E-state index in [1.807, 2.05) is 11.6 Å². The van der Waals surface area contributed by atoms with Gasteiger partial charge in [0.2, 0.25) is 0 Å². The molecule has 0 saturated carbocycles. The minimum absolute atomic E-state index is 0.229. The minimum Gasteiger partial charge on any atom is -0.396 e. The number of nitrogens with zero attached hydrogens (tertiary/aromatic N) is 1. The molecule has 0 radical (unpaired) electrons. The van der Waals surface area contributed by atoms with Crippen LogP contribution in [-0.4, -0.2) is 22.9 Å². The Hall–Kier alpha value is -0.960. The molecule has 0 aliphatic carbocycles. The van der Waals surface area contributed by atoms with Crippen molar-refractivity contribution in [2.75, 3.05) is 18.6 Å². The quantitative estimate of drug-likeness (QED) is 0.736. The van der Waals surface area contributed by atoms with E-state index < -0.39 is 0 Å². The molecular formula is C10H18N2O. The van der Waals surface area contributed by atoms with Crippen LogP contribution in [0.25, 0.3) is 0 Å². The average Bonchev–Trinajstić information content (AvgIpc) is 2.43. The molecule has 1 atom stereocenters. The lowest BCUT2D eigenvalue weighted by Gasteiger charge is -2.15. The highest BCUT2D eigenvalue weighted by Gasteiger charge is 2.02. The standard InChI is InChI=1S/C10H18N2O/c1-8(7-13)6-11-12-9(2)4-5-10(12)3/h4-5,8,11,13H,6-7H2,1-3H3. The van der Waals surface area contributed by atoms with Crippen LogP contribution in [0.1, 0.15) is 18.3 Å². The number of aryl methyl sites for hydroxylation is 2. The van der Waals surface area contributed by atoms with Crippen LogP contribution in [-0.2, 0) is 0 Å². The summed E-state index contributed by atoms with van der Waals surface area (Å²) in [4.78, 5) is 0. The predicted molar refractivity (Wildman–Crippen MR) is 54.4 cm³/mol. The van der Waals surface area contributed by atoms with E-state index in [0.29, 0.717) is 5.92 Å². The van der Waals surface area contributed by atoms with Gasteiger partial charge in [0.25, 0.3) is 0 Å². The van der Waals surface area contributed by atoms with Crippen LogP contribution in [0.5, 0.6) is 0 Å². The summed E-state index contributed by atoms with van der Waals surface area (Å²) < 4.78 is 2.05. The maximum atomic E-state index is 8.85. The van der Waals surface area contributed by atoms with Crippen LogP contribution in [0.15, 0.2) is 12.1 Å². The highest BCUT2D eigenvalue weighted by molar-refractivity contribution is 5.15. The van der Waals surface area contributed by atoms with E-state index in [4.69, 9.17) is 5.11 Å². The van der Waals surface area contributed by atoms with Crippen molar-refractivity contribution in [1.82, 2.24) is 4.68 Å². The SMILES string of the molecule is Cc1ccc(C)n1NCC(C)CO. The summed E-state index contributed by atoms with van der Waals surface area (Å²) >= 11 is 0. The zero-order valence-electron chi connectivity index (χ0n) is 8.54. The molecule has 1 unspecified atom stereocenters. The second-order valence-corrected chi connectivity index (χ2v) is 3.60. The molecule has 3 heteroatoms. The molecule has 74 valence electrons. The third-order valence-electron chi connectivity index (χ3n) is 2.18. The molecule has 0 saturated heterocycles. The van der Waals surface area contributed by atoms with Gasteiger partial charge in [0.15, 0.2) is 0 Å². The van der Waals surface area contributed by atoms with Crippen molar-refractivity contribution in [3.8, 4) is 0 Å². The van der Waals surface area contributed by atoms with E-state index in [-0.39, 0.29) is 6.61 Å². The molecule has 0 aliphatic rings. The van der Waals surface area contributed by atoms with Crippen LogP contribution in [0, 0.1) is 19.8 Å². The Labute approximate surface area is 79.4 Å². The van der Waals surface area contributed by atoms with Crippen molar-refractivity contribution in [2.24, 2.45) is 5.92 Å². The molecule has 1 aromatic heterocycles. The van der Waals surface area contributed by atoms with Crippen LogP contribution in [0.3, 0.4) is 0 Å². The first-order valence-electron chi connectivity index (χ1n) is 4.65. The smallest absolute Gasteiger partial charge is 0.0474 e. The van der Waals surface area contributed by atoms with E-state index in [1.165, 1.54) is 11.4 Å². The lowest BCUT2D eigenvalue weighted by molar-refractivity contribution is 0.242. The molecule has 0 fully saturated rings. The first-order chi connectivity index (χ1) is 6.15. The molecule has 1 aromatic rings. The fraction of sp³-hybridized carbons (Fsp3) is 0.600.